The Labute approximate surface area is 153 Å². The Morgan fingerprint density at radius 3 is 2.84 bits per heavy atom. The van der Waals surface area contributed by atoms with Crippen molar-refractivity contribution in [3.63, 3.8) is 0 Å². The quantitative estimate of drug-likeness (QED) is 0.721. The molecule has 1 aliphatic rings. The second-order valence-electron chi connectivity index (χ2n) is 5.98. The first-order chi connectivity index (χ1) is 12.0. The predicted molar refractivity (Wildman–Crippen MR) is 96.1 cm³/mol. The van der Waals surface area contributed by atoms with E-state index in [1.165, 1.54) is 12.1 Å². The first-order valence-corrected chi connectivity index (χ1v) is 8.79. The third-order valence-electron chi connectivity index (χ3n) is 4.27. The SMILES string of the molecule is CC1CCc2ccccc2N1C(=O)COC(=O)c1cc(F)ccc1Br. The van der Waals surface area contributed by atoms with Crippen LogP contribution in [0.4, 0.5) is 10.1 Å². The summed E-state index contributed by atoms with van der Waals surface area (Å²) in [6, 6.07) is 11.5. The van der Waals surface area contributed by atoms with Crippen LogP contribution in [0.1, 0.15) is 29.3 Å². The van der Waals surface area contributed by atoms with Gasteiger partial charge in [0, 0.05) is 16.2 Å². The molecule has 1 unspecified atom stereocenters. The Balaban J connectivity index is 1.72. The molecule has 0 aliphatic carbocycles. The summed E-state index contributed by atoms with van der Waals surface area (Å²) < 4.78 is 18.8. The number of benzene rings is 2. The summed E-state index contributed by atoms with van der Waals surface area (Å²) in [4.78, 5) is 26.4. The molecule has 0 N–H and O–H groups in total. The minimum Gasteiger partial charge on any atom is -0.452 e. The highest BCUT2D eigenvalue weighted by atomic mass is 79.9. The van der Waals surface area contributed by atoms with Gasteiger partial charge in [-0.15, -0.1) is 0 Å². The number of anilines is 1. The number of fused-ring (bicyclic) bond motifs is 1. The first kappa shape index (κ1) is 17.6. The van der Waals surface area contributed by atoms with E-state index >= 15 is 0 Å². The van der Waals surface area contributed by atoms with Gasteiger partial charge in [0.2, 0.25) is 0 Å². The van der Waals surface area contributed by atoms with E-state index in [-0.39, 0.29) is 24.1 Å². The molecule has 2 aromatic carbocycles. The number of hydrogen-bond donors (Lipinski definition) is 0. The van der Waals surface area contributed by atoms with Crippen molar-refractivity contribution in [2.45, 2.75) is 25.8 Å². The van der Waals surface area contributed by atoms with Crippen LogP contribution < -0.4 is 4.90 Å². The fourth-order valence-electron chi connectivity index (χ4n) is 3.00. The second-order valence-corrected chi connectivity index (χ2v) is 6.83. The molecule has 1 atom stereocenters. The molecule has 0 fully saturated rings. The summed E-state index contributed by atoms with van der Waals surface area (Å²) in [5.41, 5.74) is 2.02. The van der Waals surface area contributed by atoms with Crippen LogP contribution in [0.2, 0.25) is 0 Å². The van der Waals surface area contributed by atoms with Crippen LogP contribution in [-0.2, 0) is 16.0 Å². The highest BCUT2D eigenvalue weighted by Gasteiger charge is 2.28. The second kappa shape index (κ2) is 7.35. The molecule has 1 heterocycles. The van der Waals surface area contributed by atoms with E-state index in [2.05, 4.69) is 15.9 Å². The number of carbonyl (C=O) groups is 2. The molecule has 4 nitrogen and oxygen atoms in total. The van der Waals surface area contributed by atoms with Crippen molar-refractivity contribution in [3.8, 4) is 0 Å². The molecule has 3 rings (SSSR count). The van der Waals surface area contributed by atoms with Crippen molar-refractivity contribution in [2.75, 3.05) is 11.5 Å². The molecule has 0 radical (unpaired) electrons. The minimum atomic E-state index is -0.738. The standard InChI is InChI=1S/C19H17BrFNO3/c1-12-6-7-13-4-2-3-5-17(13)22(12)18(23)11-25-19(24)15-10-14(21)8-9-16(15)20/h2-5,8-10,12H,6-7,11H2,1H3. The van der Waals surface area contributed by atoms with Crippen molar-refractivity contribution in [2.24, 2.45) is 0 Å². The lowest BCUT2D eigenvalue weighted by atomic mass is 9.96. The third-order valence-corrected chi connectivity index (χ3v) is 4.96. The predicted octanol–water partition coefficient (Wildman–Crippen LogP) is 4.11. The van der Waals surface area contributed by atoms with Crippen LogP contribution in [0.25, 0.3) is 0 Å². The van der Waals surface area contributed by atoms with Crippen LogP contribution in [0.3, 0.4) is 0 Å². The lowest BCUT2D eigenvalue weighted by molar-refractivity contribution is -0.122. The number of aryl methyl sites for hydroxylation is 1. The summed E-state index contributed by atoms with van der Waals surface area (Å²) in [6.45, 7) is 1.58. The summed E-state index contributed by atoms with van der Waals surface area (Å²) in [6.07, 6.45) is 1.77. The van der Waals surface area contributed by atoms with Crippen molar-refractivity contribution in [3.05, 3.63) is 63.9 Å². The molecule has 0 aromatic heterocycles. The fourth-order valence-corrected chi connectivity index (χ4v) is 3.41. The van der Waals surface area contributed by atoms with Crippen LogP contribution in [-0.4, -0.2) is 24.5 Å². The maximum atomic E-state index is 13.3. The number of ether oxygens (including phenoxy) is 1. The van der Waals surface area contributed by atoms with Crippen molar-refractivity contribution < 1.29 is 18.7 Å². The van der Waals surface area contributed by atoms with Gasteiger partial charge in [0.25, 0.3) is 5.91 Å². The molecular formula is C19H17BrFNO3. The smallest absolute Gasteiger partial charge is 0.339 e. The Hall–Kier alpha value is -2.21. The van der Waals surface area contributed by atoms with Crippen molar-refractivity contribution in [1.29, 1.82) is 0 Å². The average Bonchev–Trinajstić information content (AvgIpc) is 2.61. The van der Waals surface area contributed by atoms with Gasteiger partial charge in [0.15, 0.2) is 6.61 Å². The lowest BCUT2D eigenvalue weighted by Gasteiger charge is -2.35. The number of amides is 1. The highest BCUT2D eigenvalue weighted by Crippen LogP contribution is 2.30. The van der Waals surface area contributed by atoms with Gasteiger partial charge in [-0.2, -0.15) is 0 Å². The number of esters is 1. The van der Waals surface area contributed by atoms with Gasteiger partial charge in [-0.05, 0) is 65.5 Å². The van der Waals surface area contributed by atoms with Gasteiger partial charge in [-0.25, -0.2) is 9.18 Å². The van der Waals surface area contributed by atoms with E-state index in [1.54, 1.807) is 4.90 Å². The molecule has 2 aromatic rings. The van der Waals surface area contributed by atoms with Gasteiger partial charge in [-0.3, -0.25) is 4.79 Å². The molecule has 25 heavy (non-hydrogen) atoms. The summed E-state index contributed by atoms with van der Waals surface area (Å²) in [5.74, 6) is -1.57. The Morgan fingerprint density at radius 2 is 2.04 bits per heavy atom. The highest BCUT2D eigenvalue weighted by molar-refractivity contribution is 9.10. The average molecular weight is 406 g/mol. The lowest BCUT2D eigenvalue weighted by Crippen LogP contribution is -2.44. The molecule has 1 aliphatic heterocycles. The van der Waals surface area contributed by atoms with Gasteiger partial charge in [0.05, 0.1) is 5.56 Å². The number of halogens is 2. The summed E-state index contributed by atoms with van der Waals surface area (Å²) >= 11 is 3.18. The first-order valence-electron chi connectivity index (χ1n) is 7.99. The molecule has 0 saturated carbocycles. The van der Waals surface area contributed by atoms with E-state index < -0.39 is 11.8 Å². The molecule has 0 spiro atoms. The fraction of sp³-hybridized carbons (Fsp3) is 0.263. The molecule has 0 saturated heterocycles. The zero-order valence-electron chi connectivity index (χ0n) is 13.7. The van der Waals surface area contributed by atoms with Crippen LogP contribution >= 0.6 is 15.9 Å². The maximum absolute atomic E-state index is 13.3. The van der Waals surface area contributed by atoms with E-state index in [1.807, 2.05) is 31.2 Å². The van der Waals surface area contributed by atoms with Gasteiger partial charge in [-0.1, -0.05) is 18.2 Å². The largest absolute Gasteiger partial charge is 0.452 e. The maximum Gasteiger partial charge on any atom is 0.339 e. The molecule has 6 heteroatoms. The van der Waals surface area contributed by atoms with Crippen molar-refractivity contribution in [1.82, 2.24) is 0 Å². The Morgan fingerprint density at radius 1 is 1.28 bits per heavy atom. The van der Waals surface area contributed by atoms with Gasteiger partial charge in [0.1, 0.15) is 5.82 Å². The number of rotatable bonds is 3. The van der Waals surface area contributed by atoms with Crippen molar-refractivity contribution >= 4 is 33.5 Å². The van der Waals surface area contributed by atoms with E-state index in [9.17, 15) is 14.0 Å². The molecule has 0 bridgehead atoms. The monoisotopic (exact) mass is 405 g/mol. The van der Waals surface area contributed by atoms with Crippen LogP contribution in [0, 0.1) is 5.82 Å². The Bertz CT molecular complexity index is 824. The number of para-hydroxylation sites is 1. The Kier molecular flexibility index (Phi) is 5.18. The molecule has 1 amide bonds. The molecule has 130 valence electrons. The van der Waals surface area contributed by atoms with Crippen LogP contribution in [0.15, 0.2) is 46.9 Å². The molecular weight excluding hydrogens is 389 g/mol. The zero-order chi connectivity index (χ0) is 18.0. The van der Waals surface area contributed by atoms with Crippen LogP contribution in [0.5, 0.6) is 0 Å². The number of hydrogen-bond acceptors (Lipinski definition) is 3. The summed E-state index contributed by atoms with van der Waals surface area (Å²) in [5, 5.41) is 0. The zero-order valence-corrected chi connectivity index (χ0v) is 15.3. The normalized spacial score (nSPS) is 16.3. The minimum absolute atomic E-state index is 0.0296. The number of carbonyl (C=O) groups excluding carboxylic acids is 2. The topological polar surface area (TPSA) is 46.6 Å². The van der Waals surface area contributed by atoms with Gasteiger partial charge < -0.3 is 9.64 Å². The van der Waals surface area contributed by atoms with E-state index in [0.29, 0.717) is 4.47 Å². The van der Waals surface area contributed by atoms with E-state index in [0.717, 1.165) is 30.2 Å². The van der Waals surface area contributed by atoms with E-state index in [4.69, 9.17) is 4.74 Å². The van der Waals surface area contributed by atoms with Gasteiger partial charge >= 0.3 is 5.97 Å². The number of nitrogens with zero attached hydrogens (tertiary/aromatic N) is 1. The summed E-state index contributed by atoms with van der Waals surface area (Å²) in [7, 11) is 0. The third kappa shape index (κ3) is 3.74.